The number of aliphatic hydroxyl groups excluding tert-OH is 1. The first-order valence-electron chi connectivity index (χ1n) is 29.4. The molecule has 3 saturated heterocycles. The van der Waals surface area contributed by atoms with Crippen LogP contribution in [0.2, 0.25) is 0 Å². The highest BCUT2D eigenvalue weighted by Gasteiger charge is 2.46. The highest BCUT2D eigenvalue weighted by atomic mass is 16.6. The molecule has 33 nitrogen and oxygen atoms in total. The molecule has 0 bridgehead atoms. The van der Waals surface area contributed by atoms with Crippen LogP contribution in [0.5, 0.6) is 0 Å². The number of carbonyl (C=O) groups excluding carboxylic acids is 11. The number of fused-ring (bicyclic) bond motifs is 1. The molecule has 0 aliphatic carbocycles. The zero-order chi connectivity index (χ0) is 67.5. The molecule has 0 aromatic carbocycles. The van der Waals surface area contributed by atoms with Crippen LogP contribution in [0, 0.1) is 35.5 Å². The maximum absolute atomic E-state index is 14.9. The molecule has 6 unspecified atom stereocenters. The summed E-state index contributed by atoms with van der Waals surface area (Å²) in [6, 6.07) is -18.6. The van der Waals surface area contributed by atoms with E-state index in [4.69, 9.17) is 10.5 Å². The molecule has 0 saturated carbocycles. The van der Waals surface area contributed by atoms with Gasteiger partial charge in [-0.25, -0.2) is 4.79 Å². The number of rotatable bonds is 22. The predicted octanol–water partition coefficient (Wildman–Crippen LogP) is -4.70. The minimum atomic E-state index is -2.84. The van der Waals surface area contributed by atoms with Crippen molar-refractivity contribution in [3.8, 4) is 0 Å². The zero-order valence-corrected chi connectivity index (χ0v) is 51.5. The molecular weight excluding hydrogens is 1180 g/mol. The standard InChI is InChI=1S/C56H88N12O21/c1-23(2)14-15-33-34(89-33)16-17-35(69)62-40(27(8)54(83)84)50(79)66-42-29(10)59-47(76)32-19-26(7)22-68(32)53(82)39(25(5)6)65-49(78)41(28(9)55(85)86)63-36(70)21-58-45(74)31(20-37(71)72)61-52(81)43(44(73)56(87)88)67-46(75)30(13-11-12-18-57)60-48(77)38(24(3)4)64-51(42)80/h16-17,23-34,38-44,73H,11-15,18-22,57H2,1-10H3,(H,58,74)(H,59,76)(H,60,77)(H,61,81)(H,62,69)(H,63,70)(H,64,80)(H,65,78)(H,66,79)(H,67,75)(H,71,72)(H,83,84)(H,85,86)(H,87,88)/b17-16+/t26-,27?,28?,29?,30+,31+,32+,33?,34?,38-,39+,40+,41-,42+,43+,44?/m1/s1. The molecule has 17 N–H and O–H groups in total. The Morgan fingerprint density at radius 1 is 0.663 bits per heavy atom. The molecule has 3 heterocycles. The summed E-state index contributed by atoms with van der Waals surface area (Å²) in [7, 11) is 0. The van der Waals surface area contributed by atoms with E-state index >= 15 is 0 Å². The number of nitrogens with zero attached hydrogens (tertiary/aromatic N) is 1. The van der Waals surface area contributed by atoms with Gasteiger partial charge in [-0.2, -0.15) is 0 Å². The van der Waals surface area contributed by atoms with Crippen molar-refractivity contribution in [2.24, 2.45) is 41.2 Å². The van der Waals surface area contributed by atoms with Crippen LogP contribution < -0.4 is 58.9 Å². The number of hydrogen-bond donors (Lipinski definition) is 16. The van der Waals surface area contributed by atoms with Crippen molar-refractivity contribution in [2.75, 3.05) is 19.6 Å². The summed E-state index contributed by atoms with van der Waals surface area (Å²) < 4.78 is 5.61. The average Bonchev–Trinajstić information content (AvgIpc) is 2.11. The highest BCUT2D eigenvalue weighted by molar-refractivity contribution is 6.02. The zero-order valence-electron chi connectivity index (χ0n) is 51.5. The van der Waals surface area contributed by atoms with E-state index < -0.39 is 204 Å². The third-order valence-corrected chi connectivity index (χ3v) is 15.2. The van der Waals surface area contributed by atoms with Crippen molar-refractivity contribution in [1.82, 2.24) is 58.1 Å². The van der Waals surface area contributed by atoms with Gasteiger partial charge in [0.2, 0.25) is 65.0 Å². The molecule has 89 heavy (non-hydrogen) atoms. The van der Waals surface area contributed by atoms with Gasteiger partial charge >= 0.3 is 23.9 Å². The second kappa shape index (κ2) is 34.4. The van der Waals surface area contributed by atoms with Gasteiger partial charge in [-0.05, 0) is 95.6 Å². The van der Waals surface area contributed by atoms with Gasteiger partial charge in [0.05, 0.1) is 36.9 Å². The summed E-state index contributed by atoms with van der Waals surface area (Å²) in [5, 5.41) is 73.2. The third kappa shape index (κ3) is 22.6. The number of carbonyl (C=O) groups is 15. The van der Waals surface area contributed by atoms with Gasteiger partial charge in [0.25, 0.3) is 0 Å². The van der Waals surface area contributed by atoms with E-state index in [1.54, 1.807) is 6.92 Å². The average molecular weight is 1270 g/mol. The Labute approximate surface area is 513 Å². The number of nitrogens with two attached hydrogens (primary N) is 1. The molecule has 16 atom stereocenters. The number of amides is 11. The maximum Gasteiger partial charge on any atom is 0.335 e. The second-order valence-electron chi connectivity index (χ2n) is 23.8. The van der Waals surface area contributed by atoms with Crippen molar-refractivity contribution < 1.29 is 102 Å². The van der Waals surface area contributed by atoms with Crippen LogP contribution in [0.25, 0.3) is 0 Å². The van der Waals surface area contributed by atoms with Gasteiger partial charge in [-0.3, -0.25) is 67.1 Å². The molecule has 0 aromatic heterocycles. The molecule has 3 rings (SSSR count). The summed E-state index contributed by atoms with van der Waals surface area (Å²) in [6.07, 6.45) is -0.785. The van der Waals surface area contributed by atoms with Crippen molar-refractivity contribution in [3.05, 3.63) is 12.2 Å². The van der Waals surface area contributed by atoms with Crippen molar-refractivity contribution >= 4 is 88.9 Å². The Balaban J connectivity index is 2.27. The smallest absolute Gasteiger partial charge is 0.335 e. The molecular formula is C56H88N12O21. The van der Waals surface area contributed by atoms with Gasteiger partial charge in [-0.1, -0.05) is 48.5 Å². The Hall–Kier alpha value is -8.33. The molecule has 3 aliphatic rings. The van der Waals surface area contributed by atoms with E-state index in [-0.39, 0.29) is 44.9 Å². The van der Waals surface area contributed by atoms with Crippen LogP contribution in [-0.2, 0) is 76.7 Å². The first kappa shape index (κ1) is 74.9. The summed E-state index contributed by atoms with van der Waals surface area (Å²) in [4.78, 5) is 206. The number of unbranched alkanes of at least 4 members (excludes halogenated alkanes) is 1. The largest absolute Gasteiger partial charge is 0.481 e. The SMILES string of the molecule is CC(C)CCC1OC1/C=C/C(=O)N[C@H](C(=O)N[C@@H]1C(=O)N[C@H](C(C)C)C(=O)N[C@@H](CCCCN)C(=O)N[C@@H](C(O)C(=O)O)C(=O)N[C@@H](CC(=O)O)C(=O)NCC(=O)N[C@H](C(C)C(=O)O)C(=O)N[C@@H](C(C)C)C(=O)N2C[C@H](C)C[C@H]2C(=O)NC1C)C(C)C(=O)O. The number of ether oxygens (including phenoxy) is 1. The minimum absolute atomic E-state index is 0.0303. The van der Waals surface area contributed by atoms with E-state index in [0.29, 0.717) is 12.3 Å². The van der Waals surface area contributed by atoms with Crippen molar-refractivity contribution in [3.63, 3.8) is 0 Å². The van der Waals surface area contributed by atoms with Crippen molar-refractivity contribution in [2.45, 2.75) is 193 Å². The fourth-order valence-corrected chi connectivity index (χ4v) is 9.74. The topological polar surface area (TPSA) is 519 Å². The first-order valence-corrected chi connectivity index (χ1v) is 29.4. The fraction of sp³-hybridized carbons (Fsp3) is 0.696. The van der Waals surface area contributed by atoms with Crippen LogP contribution in [0.15, 0.2) is 12.2 Å². The Bertz CT molecular complexity index is 2670. The molecule has 33 heteroatoms. The summed E-state index contributed by atoms with van der Waals surface area (Å²) in [5.41, 5.74) is 5.69. The second-order valence-corrected chi connectivity index (χ2v) is 23.8. The van der Waals surface area contributed by atoms with E-state index in [1.807, 2.05) is 29.8 Å². The number of carboxylic acid groups (broad SMARTS) is 4. The van der Waals surface area contributed by atoms with Crippen LogP contribution in [0.3, 0.4) is 0 Å². The van der Waals surface area contributed by atoms with Crippen LogP contribution in [-0.4, -0.2) is 218 Å². The summed E-state index contributed by atoms with van der Waals surface area (Å²) >= 11 is 0. The maximum atomic E-state index is 14.9. The number of aliphatic carboxylic acids is 4. The lowest BCUT2D eigenvalue weighted by molar-refractivity contribution is -0.153. The molecule has 11 amide bonds. The fourth-order valence-electron chi connectivity index (χ4n) is 9.74. The monoisotopic (exact) mass is 1260 g/mol. The van der Waals surface area contributed by atoms with Crippen LogP contribution in [0.4, 0.5) is 0 Å². The van der Waals surface area contributed by atoms with Gasteiger partial charge in [0.1, 0.15) is 60.5 Å². The number of epoxide rings is 1. The number of hydrogen-bond acceptors (Lipinski definition) is 18. The predicted molar refractivity (Wildman–Crippen MR) is 309 cm³/mol. The number of nitrogens with one attached hydrogen (secondary N) is 10. The number of aliphatic hydroxyl groups is 1. The molecule has 498 valence electrons. The lowest BCUT2D eigenvalue weighted by Gasteiger charge is -2.34. The lowest BCUT2D eigenvalue weighted by Crippen LogP contribution is -2.65. The lowest BCUT2D eigenvalue weighted by atomic mass is 9.97. The molecule has 0 radical (unpaired) electrons. The summed E-state index contributed by atoms with van der Waals surface area (Å²) in [6.45, 7) is 13.8. The van der Waals surface area contributed by atoms with Crippen molar-refractivity contribution in [1.29, 1.82) is 0 Å². The highest BCUT2D eigenvalue weighted by Crippen LogP contribution is 2.29. The minimum Gasteiger partial charge on any atom is -0.481 e. The van der Waals surface area contributed by atoms with Crippen LogP contribution in [0.1, 0.15) is 114 Å². The number of carboxylic acids is 4. The van der Waals surface area contributed by atoms with E-state index in [1.165, 1.54) is 40.7 Å². The van der Waals surface area contributed by atoms with E-state index in [0.717, 1.165) is 31.2 Å². The van der Waals surface area contributed by atoms with Gasteiger partial charge < -0.3 is 94.1 Å². The Morgan fingerprint density at radius 3 is 1.81 bits per heavy atom. The Morgan fingerprint density at radius 2 is 1.25 bits per heavy atom. The van der Waals surface area contributed by atoms with Gasteiger partial charge in [0, 0.05) is 12.6 Å². The van der Waals surface area contributed by atoms with E-state index in [9.17, 15) is 97.5 Å². The Kier molecular flexibility index (Phi) is 29.0. The third-order valence-electron chi connectivity index (χ3n) is 15.2. The van der Waals surface area contributed by atoms with Gasteiger partial charge in [0.15, 0.2) is 6.10 Å². The molecule has 3 fully saturated rings. The molecule has 3 aliphatic heterocycles. The molecule has 0 spiro atoms. The van der Waals surface area contributed by atoms with Crippen LogP contribution >= 0.6 is 0 Å². The summed E-state index contributed by atoms with van der Waals surface area (Å²) in [5.74, 6) is -25.7. The normalized spacial score (nSPS) is 28.0. The van der Waals surface area contributed by atoms with E-state index in [2.05, 4.69) is 37.2 Å². The first-order chi connectivity index (χ1) is 41.5. The van der Waals surface area contributed by atoms with Gasteiger partial charge in [-0.15, -0.1) is 0 Å². The molecule has 0 aromatic rings. The quantitative estimate of drug-likeness (QED) is 0.0275.